The Kier molecular flexibility index (Phi) is 3.93. The number of nitrogens with one attached hydrogen (secondary N) is 1. The molecule has 0 amide bonds. The van der Waals surface area contributed by atoms with Crippen molar-refractivity contribution in [1.82, 2.24) is 5.32 Å². The van der Waals surface area contributed by atoms with Crippen molar-refractivity contribution in [3.63, 3.8) is 0 Å². The highest BCUT2D eigenvalue weighted by atomic mass is 16.3. The molecule has 1 rings (SSSR count). The van der Waals surface area contributed by atoms with E-state index >= 15 is 0 Å². The number of hydrogen-bond donors (Lipinski definition) is 2. The summed E-state index contributed by atoms with van der Waals surface area (Å²) in [6.45, 7) is 2.27. The Morgan fingerprint density at radius 1 is 1.38 bits per heavy atom. The Hall–Kier alpha value is -0.860. The van der Waals surface area contributed by atoms with Gasteiger partial charge in [-0.3, -0.25) is 0 Å². The second-order valence-electron chi connectivity index (χ2n) is 3.08. The Balaban J connectivity index is 2.96. The molecule has 2 heteroatoms. The molecule has 0 bridgehead atoms. The Morgan fingerprint density at radius 2 is 2.08 bits per heavy atom. The molecule has 2 nitrogen and oxygen atoms in total. The third-order valence-corrected chi connectivity index (χ3v) is 2.34. The molecule has 13 heavy (non-hydrogen) atoms. The normalized spacial score (nSPS) is 12.8. The van der Waals surface area contributed by atoms with Crippen LogP contribution in [-0.4, -0.2) is 18.8 Å². The lowest BCUT2D eigenvalue weighted by Gasteiger charge is -2.16. The van der Waals surface area contributed by atoms with Gasteiger partial charge in [0.25, 0.3) is 0 Å². The summed E-state index contributed by atoms with van der Waals surface area (Å²) in [5.74, 6) is 0. The van der Waals surface area contributed by atoms with E-state index in [4.69, 9.17) is 5.11 Å². The van der Waals surface area contributed by atoms with Gasteiger partial charge in [0.15, 0.2) is 0 Å². The first-order valence-electron chi connectivity index (χ1n) is 4.69. The van der Waals surface area contributed by atoms with Crippen LogP contribution in [-0.2, 0) is 6.42 Å². The molecule has 1 aromatic carbocycles. The van der Waals surface area contributed by atoms with Crippen LogP contribution in [0.25, 0.3) is 0 Å². The van der Waals surface area contributed by atoms with Crippen molar-refractivity contribution in [3.8, 4) is 0 Å². The fraction of sp³-hybridized carbons (Fsp3) is 0.455. The Morgan fingerprint density at radius 3 is 2.62 bits per heavy atom. The zero-order valence-electron chi connectivity index (χ0n) is 8.25. The average Bonchev–Trinajstić information content (AvgIpc) is 2.20. The average molecular weight is 179 g/mol. The molecule has 0 aliphatic rings. The first-order valence-corrected chi connectivity index (χ1v) is 4.69. The van der Waals surface area contributed by atoms with Crippen molar-refractivity contribution < 1.29 is 5.11 Å². The topological polar surface area (TPSA) is 32.3 Å². The summed E-state index contributed by atoms with van der Waals surface area (Å²) in [4.78, 5) is 0. The molecule has 0 saturated heterocycles. The van der Waals surface area contributed by atoms with Gasteiger partial charge in [0.1, 0.15) is 0 Å². The van der Waals surface area contributed by atoms with Crippen LogP contribution in [0.2, 0.25) is 0 Å². The Labute approximate surface area is 79.6 Å². The third kappa shape index (κ3) is 2.29. The van der Waals surface area contributed by atoms with Gasteiger partial charge in [-0.15, -0.1) is 0 Å². The first-order chi connectivity index (χ1) is 6.33. The molecule has 0 aliphatic carbocycles. The molecule has 1 aromatic rings. The fourth-order valence-electron chi connectivity index (χ4n) is 1.54. The molecule has 0 saturated carbocycles. The van der Waals surface area contributed by atoms with E-state index in [9.17, 15) is 0 Å². The van der Waals surface area contributed by atoms with Crippen molar-refractivity contribution >= 4 is 0 Å². The van der Waals surface area contributed by atoms with E-state index in [-0.39, 0.29) is 12.6 Å². The highest BCUT2D eigenvalue weighted by Gasteiger charge is 2.09. The third-order valence-electron chi connectivity index (χ3n) is 2.34. The number of hydrogen-bond acceptors (Lipinski definition) is 2. The molecule has 2 N–H and O–H groups in total. The SMILES string of the molecule is CCc1ccccc1[C@@H](CO)NC. The largest absolute Gasteiger partial charge is 0.394 e. The van der Waals surface area contributed by atoms with Crippen LogP contribution in [0.4, 0.5) is 0 Å². The molecule has 0 aliphatic heterocycles. The number of benzene rings is 1. The minimum Gasteiger partial charge on any atom is -0.394 e. The number of likely N-dealkylation sites (N-methyl/N-ethyl adjacent to an activating group) is 1. The van der Waals surface area contributed by atoms with E-state index in [0.29, 0.717) is 0 Å². The molecule has 0 spiro atoms. The maximum absolute atomic E-state index is 9.14. The van der Waals surface area contributed by atoms with E-state index in [2.05, 4.69) is 24.4 Å². The molecule has 0 fully saturated rings. The predicted molar refractivity (Wildman–Crippen MR) is 54.7 cm³/mol. The van der Waals surface area contributed by atoms with Crippen LogP contribution in [0.1, 0.15) is 24.1 Å². The van der Waals surface area contributed by atoms with E-state index < -0.39 is 0 Å². The lowest BCUT2D eigenvalue weighted by atomic mass is 9.99. The summed E-state index contributed by atoms with van der Waals surface area (Å²) in [5, 5.41) is 12.2. The monoisotopic (exact) mass is 179 g/mol. The molecule has 0 aromatic heterocycles. The van der Waals surface area contributed by atoms with Gasteiger partial charge in [-0.2, -0.15) is 0 Å². The van der Waals surface area contributed by atoms with E-state index in [0.717, 1.165) is 6.42 Å². The van der Waals surface area contributed by atoms with Crippen molar-refractivity contribution in [2.45, 2.75) is 19.4 Å². The van der Waals surface area contributed by atoms with Crippen molar-refractivity contribution in [3.05, 3.63) is 35.4 Å². The zero-order valence-corrected chi connectivity index (χ0v) is 8.25. The van der Waals surface area contributed by atoms with Gasteiger partial charge in [0, 0.05) is 0 Å². The standard InChI is InChI=1S/C11H17NO/c1-3-9-6-4-5-7-10(9)11(8-13)12-2/h4-7,11-13H,3,8H2,1-2H3/t11-/m1/s1. The molecule has 0 radical (unpaired) electrons. The number of aryl methyl sites for hydroxylation is 1. The molecular formula is C11H17NO. The van der Waals surface area contributed by atoms with Gasteiger partial charge in [0.05, 0.1) is 12.6 Å². The van der Waals surface area contributed by atoms with Crippen LogP contribution >= 0.6 is 0 Å². The quantitative estimate of drug-likeness (QED) is 0.734. The van der Waals surface area contributed by atoms with Crippen molar-refractivity contribution in [2.24, 2.45) is 0 Å². The molecule has 72 valence electrons. The van der Waals surface area contributed by atoms with Gasteiger partial charge >= 0.3 is 0 Å². The van der Waals surface area contributed by atoms with Crippen LogP contribution in [0, 0.1) is 0 Å². The zero-order chi connectivity index (χ0) is 9.68. The molecular weight excluding hydrogens is 162 g/mol. The summed E-state index contributed by atoms with van der Waals surface area (Å²) < 4.78 is 0. The maximum Gasteiger partial charge on any atom is 0.0626 e. The minimum absolute atomic E-state index is 0.0659. The van der Waals surface area contributed by atoms with Crippen LogP contribution in [0.3, 0.4) is 0 Å². The number of rotatable bonds is 4. The van der Waals surface area contributed by atoms with Gasteiger partial charge < -0.3 is 10.4 Å². The first kappa shape index (κ1) is 10.2. The summed E-state index contributed by atoms with van der Waals surface area (Å²) >= 11 is 0. The minimum atomic E-state index is 0.0659. The highest BCUT2D eigenvalue weighted by molar-refractivity contribution is 5.30. The lowest BCUT2D eigenvalue weighted by molar-refractivity contribution is 0.250. The van der Waals surface area contributed by atoms with Gasteiger partial charge in [-0.1, -0.05) is 31.2 Å². The summed E-state index contributed by atoms with van der Waals surface area (Å²) in [6.07, 6.45) is 1.01. The molecule has 0 unspecified atom stereocenters. The fourth-order valence-corrected chi connectivity index (χ4v) is 1.54. The summed E-state index contributed by atoms with van der Waals surface area (Å²) in [7, 11) is 1.87. The Bertz CT molecular complexity index is 256. The summed E-state index contributed by atoms with van der Waals surface area (Å²) in [5.41, 5.74) is 2.51. The lowest BCUT2D eigenvalue weighted by Crippen LogP contribution is -2.21. The van der Waals surface area contributed by atoms with E-state index in [1.807, 2.05) is 19.2 Å². The van der Waals surface area contributed by atoms with Crippen LogP contribution in [0.5, 0.6) is 0 Å². The second-order valence-corrected chi connectivity index (χ2v) is 3.08. The summed E-state index contributed by atoms with van der Waals surface area (Å²) in [6, 6.07) is 8.28. The molecule has 0 heterocycles. The van der Waals surface area contributed by atoms with Crippen LogP contribution in [0.15, 0.2) is 24.3 Å². The van der Waals surface area contributed by atoms with Gasteiger partial charge in [-0.05, 0) is 24.6 Å². The highest BCUT2D eigenvalue weighted by Crippen LogP contribution is 2.17. The van der Waals surface area contributed by atoms with E-state index in [1.54, 1.807) is 0 Å². The molecule has 1 atom stereocenters. The van der Waals surface area contributed by atoms with Gasteiger partial charge in [0.2, 0.25) is 0 Å². The smallest absolute Gasteiger partial charge is 0.0626 e. The number of aliphatic hydroxyl groups is 1. The van der Waals surface area contributed by atoms with Crippen LogP contribution < -0.4 is 5.32 Å². The van der Waals surface area contributed by atoms with Gasteiger partial charge in [-0.25, -0.2) is 0 Å². The van der Waals surface area contributed by atoms with Crippen molar-refractivity contribution in [2.75, 3.05) is 13.7 Å². The van der Waals surface area contributed by atoms with Crippen molar-refractivity contribution in [1.29, 1.82) is 0 Å². The number of aliphatic hydroxyl groups excluding tert-OH is 1. The van der Waals surface area contributed by atoms with E-state index in [1.165, 1.54) is 11.1 Å². The maximum atomic E-state index is 9.14. The second kappa shape index (κ2) is 5.00. The predicted octanol–water partition coefficient (Wildman–Crippen LogP) is 1.50.